The van der Waals surface area contributed by atoms with Gasteiger partial charge in [0.2, 0.25) is 0 Å². The topological polar surface area (TPSA) is 121 Å². The van der Waals surface area contributed by atoms with Crippen LogP contribution in [0.15, 0.2) is 78.9 Å². The molecule has 40 heavy (non-hydrogen) atoms. The predicted octanol–water partition coefficient (Wildman–Crippen LogP) is 5.99. The molecule has 0 saturated heterocycles. The molecule has 0 unspecified atom stereocenters. The highest BCUT2D eigenvalue weighted by Gasteiger charge is 2.16. The molecule has 0 heterocycles. The van der Waals surface area contributed by atoms with Crippen molar-refractivity contribution in [1.29, 1.82) is 10.5 Å². The van der Waals surface area contributed by atoms with E-state index in [1.165, 1.54) is 18.2 Å². The van der Waals surface area contributed by atoms with E-state index in [1.807, 2.05) is 25.1 Å². The molecule has 3 aromatic rings. The zero-order valence-corrected chi connectivity index (χ0v) is 22.4. The summed E-state index contributed by atoms with van der Waals surface area (Å²) in [5, 5.41) is 21.8. The number of anilines is 1. The molecule has 3 rings (SSSR count). The second-order valence-electron chi connectivity index (χ2n) is 8.41. The van der Waals surface area contributed by atoms with Crippen LogP contribution in [0.25, 0.3) is 6.08 Å². The number of nitriles is 2. The molecule has 0 aliphatic heterocycles. The van der Waals surface area contributed by atoms with E-state index in [0.717, 1.165) is 11.1 Å². The maximum atomic E-state index is 12.9. The van der Waals surface area contributed by atoms with Crippen LogP contribution in [-0.4, -0.2) is 25.1 Å². The summed E-state index contributed by atoms with van der Waals surface area (Å²) in [5.74, 6) is -0.130. The number of carbonyl (C=O) groups is 2. The fourth-order valence-corrected chi connectivity index (χ4v) is 3.82. The third-order valence-corrected chi connectivity index (χ3v) is 5.66. The normalized spacial score (nSPS) is 10.6. The molecular formula is C32H29N3O5. The number of hydrogen-bond donors (Lipinski definition) is 1. The maximum absolute atomic E-state index is 12.9. The summed E-state index contributed by atoms with van der Waals surface area (Å²) in [6, 6.07) is 21.0. The molecule has 3 aromatic carbocycles. The zero-order valence-electron chi connectivity index (χ0n) is 22.4. The van der Waals surface area contributed by atoms with Gasteiger partial charge in [-0.2, -0.15) is 10.5 Å². The van der Waals surface area contributed by atoms with Crippen molar-refractivity contribution in [2.45, 2.75) is 26.9 Å². The minimum Gasteiger partial charge on any atom is -0.490 e. The Morgan fingerprint density at radius 3 is 2.38 bits per heavy atom. The van der Waals surface area contributed by atoms with Crippen LogP contribution in [0, 0.1) is 22.7 Å². The molecule has 0 radical (unpaired) electrons. The van der Waals surface area contributed by atoms with E-state index in [2.05, 4.69) is 18.0 Å². The standard InChI is InChI=1S/C32H29N3O5/c1-4-9-24-16-22(18-29(38-5-2)30(24)40-21-26-11-8-7-10-25(26)19-33)17-27(20-34)31(36)35-28-14-12-23(13-15-28)32(37)39-6-3/h4,7-8,10-18H,1,5-6,9,21H2,2-3H3,(H,35,36)/b27-17+. The molecule has 0 aliphatic carbocycles. The highest BCUT2D eigenvalue weighted by Crippen LogP contribution is 2.35. The van der Waals surface area contributed by atoms with Gasteiger partial charge in [-0.1, -0.05) is 24.3 Å². The Kier molecular flexibility index (Phi) is 10.6. The second-order valence-corrected chi connectivity index (χ2v) is 8.41. The Balaban J connectivity index is 1.88. The van der Waals surface area contributed by atoms with E-state index in [4.69, 9.17) is 14.2 Å². The first-order valence-electron chi connectivity index (χ1n) is 12.7. The number of hydrogen-bond acceptors (Lipinski definition) is 7. The molecule has 1 amide bonds. The van der Waals surface area contributed by atoms with Crippen LogP contribution in [0.4, 0.5) is 5.69 Å². The lowest BCUT2D eigenvalue weighted by Crippen LogP contribution is -2.13. The van der Waals surface area contributed by atoms with E-state index in [0.29, 0.717) is 46.9 Å². The molecule has 0 aromatic heterocycles. The van der Waals surface area contributed by atoms with Gasteiger partial charge in [-0.15, -0.1) is 6.58 Å². The molecule has 202 valence electrons. The maximum Gasteiger partial charge on any atom is 0.338 e. The van der Waals surface area contributed by atoms with E-state index in [1.54, 1.807) is 49.4 Å². The van der Waals surface area contributed by atoms with Crippen molar-refractivity contribution < 1.29 is 23.8 Å². The number of esters is 1. The SMILES string of the molecule is C=CCc1cc(/C=C(\C#N)C(=O)Nc2ccc(C(=O)OCC)cc2)cc(OCC)c1OCc1ccccc1C#N. The van der Waals surface area contributed by atoms with Crippen LogP contribution in [0.1, 0.15) is 46.5 Å². The fraction of sp³-hybridized carbons (Fsp3) is 0.188. The number of nitrogens with zero attached hydrogens (tertiary/aromatic N) is 2. The monoisotopic (exact) mass is 535 g/mol. The van der Waals surface area contributed by atoms with Crippen molar-refractivity contribution in [3.63, 3.8) is 0 Å². The van der Waals surface area contributed by atoms with Crippen LogP contribution >= 0.6 is 0 Å². The molecule has 8 nitrogen and oxygen atoms in total. The van der Waals surface area contributed by atoms with Gasteiger partial charge in [-0.3, -0.25) is 4.79 Å². The summed E-state index contributed by atoms with van der Waals surface area (Å²) in [6.07, 6.45) is 3.62. The van der Waals surface area contributed by atoms with Crippen molar-refractivity contribution >= 4 is 23.6 Å². The van der Waals surface area contributed by atoms with Crippen molar-refractivity contribution in [3.05, 3.63) is 107 Å². The van der Waals surface area contributed by atoms with Crippen LogP contribution < -0.4 is 14.8 Å². The summed E-state index contributed by atoms with van der Waals surface area (Å²) in [4.78, 5) is 24.7. The Labute approximate surface area is 233 Å². The van der Waals surface area contributed by atoms with Gasteiger partial charge in [0.05, 0.1) is 30.4 Å². The number of benzene rings is 3. The lowest BCUT2D eigenvalue weighted by atomic mass is 10.0. The minimum absolute atomic E-state index is 0.127. The highest BCUT2D eigenvalue weighted by atomic mass is 16.5. The lowest BCUT2D eigenvalue weighted by molar-refractivity contribution is -0.112. The van der Waals surface area contributed by atoms with Crippen LogP contribution in [0.2, 0.25) is 0 Å². The third kappa shape index (κ3) is 7.59. The van der Waals surface area contributed by atoms with Gasteiger partial charge < -0.3 is 19.5 Å². The molecular weight excluding hydrogens is 506 g/mol. The summed E-state index contributed by atoms with van der Waals surface area (Å²) >= 11 is 0. The number of amides is 1. The van der Waals surface area contributed by atoms with Gasteiger partial charge in [0.25, 0.3) is 5.91 Å². The number of ether oxygens (including phenoxy) is 3. The molecule has 0 spiro atoms. The number of nitrogens with one attached hydrogen (secondary N) is 1. The molecule has 0 saturated carbocycles. The van der Waals surface area contributed by atoms with E-state index >= 15 is 0 Å². The number of carbonyl (C=O) groups excluding carboxylic acids is 2. The first kappa shape index (κ1) is 29.2. The second kappa shape index (κ2) is 14.6. The quantitative estimate of drug-likeness (QED) is 0.131. The smallest absolute Gasteiger partial charge is 0.338 e. The average Bonchev–Trinajstić information content (AvgIpc) is 2.96. The van der Waals surface area contributed by atoms with Crippen molar-refractivity contribution in [1.82, 2.24) is 0 Å². The lowest BCUT2D eigenvalue weighted by Gasteiger charge is -2.17. The Bertz CT molecular complexity index is 1490. The van der Waals surface area contributed by atoms with Gasteiger partial charge in [0.1, 0.15) is 18.2 Å². The van der Waals surface area contributed by atoms with Crippen LogP contribution in [0.3, 0.4) is 0 Å². The average molecular weight is 536 g/mol. The van der Waals surface area contributed by atoms with E-state index in [9.17, 15) is 20.1 Å². The first-order chi connectivity index (χ1) is 19.4. The minimum atomic E-state index is -0.608. The predicted molar refractivity (Wildman–Crippen MR) is 152 cm³/mol. The molecule has 0 aliphatic rings. The summed E-state index contributed by atoms with van der Waals surface area (Å²) in [7, 11) is 0. The largest absolute Gasteiger partial charge is 0.490 e. The number of allylic oxidation sites excluding steroid dienone is 1. The first-order valence-corrected chi connectivity index (χ1v) is 12.7. The fourth-order valence-electron chi connectivity index (χ4n) is 3.82. The summed E-state index contributed by atoms with van der Waals surface area (Å²) in [6.45, 7) is 8.16. The number of rotatable bonds is 12. The van der Waals surface area contributed by atoms with E-state index in [-0.39, 0.29) is 18.8 Å². The van der Waals surface area contributed by atoms with Crippen LogP contribution in [0.5, 0.6) is 11.5 Å². The third-order valence-electron chi connectivity index (χ3n) is 5.66. The van der Waals surface area contributed by atoms with Gasteiger partial charge >= 0.3 is 5.97 Å². The summed E-state index contributed by atoms with van der Waals surface area (Å²) < 4.78 is 17.0. The van der Waals surface area contributed by atoms with Crippen molar-refractivity contribution in [3.8, 4) is 23.6 Å². The van der Waals surface area contributed by atoms with Crippen molar-refractivity contribution in [2.75, 3.05) is 18.5 Å². The van der Waals surface area contributed by atoms with Gasteiger partial charge in [-0.25, -0.2) is 4.79 Å². The summed E-state index contributed by atoms with van der Waals surface area (Å²) in [5.41, 5.74) is 3.21. The van der Waals surface area contributed by atoms with Gasteiger partial charge in [0.15, 0.2) is 11.5 Å². The zero-order chi connectivity index (χ0) is 28.9. The molecule has 0 fully saturated rings. The molecule has 0 atom stereocenters. The molecule has 8 heteroatoms. The van der Waals surface area contributed by atoms with E-state index < -0.39 is 11.9 Å². The van der Waals surface area contributed by atoms with Gasteiger partial charge in [-0.05, 0) is 74.4 Å². The highest BCUT2D eigenvalue weighted by molar-refractivity contribution is 6.09. The van der Waals surface area contributed by atoms with Crippen molar-refractivity contribution in [2.24, 2.45) is 0 Å². The Morgan fingerprint density at radius 2 is 1.73 bits per heavy atom. The molecule has 0 bridgehead atoms. The van der Waals surface area contributed by atoms with Crippen LogP contribution in [-0.2, 0) is 22.6 Å². The Morgan fingerprint density at radius 1 is 0.975 bits per heavy atom. The van der Waals surface area contributed by atoms with Gasteiger partial charge in [0, 0.05) is 16.8 Å². The Hall–Kier alpha value is -5.34. The molecule has 1 N–H and O–H groups in total.